The normalized spacial score (nSPS) is 26.5. The Labute approximate surface area is 78.4 Å². The van der Waals surface area contributed by atoms with Crippen LogP contribution in [-0.2, 0) is 0 Å². The first-order valence-corrected chi connectivity index (χ1v) is 4.72. The van der Waals surface area contributed by atoms with Gasteiger partial charge in [0.05, 0.1) is 5.69 Å². The number of anilines is 2. The molecule has 1 aliphatic carbocycles. The highest BCUT2D eigenvalue weighted by Gasteiger charge is 2.25. The maximum Gasteiger partial charge on any atom is 0.149 e. The Hall–Kier alpha value is -1.25. The van der Waals surface area contributed by atoms with Crippen molar-refractivity contribution in [3.05, 3.63) is 18.3 Å². The molecule has 1 heterocycles. The summed E-state index contributed by atoms with van der Waals surface area (Å²) in [4.78, 5) is 4.19. The second-order valence-corrected chi connectivity index (χ2v) is 3.86. The number of hydrogen-bond acceptors (Lipinski definition) is 3. The minimum atomic E-state index is 0.576. The molecule has 1 aliphatic rings. The van der Waals surface area contributed by atoms with Crippen LogP contribution in [0.4, 0.5) is 11.5 Å². The van der Waals surface area contributed by atoms with Crippen LogP contribution in [0.15, 0.2) is 18.3 Å². The van der Waals surface area contributed by atoms with Crippen LogP contribution in [0.1, 0.15) is 19.8 Å². The van der Waals surface area contributed by atoms with Crippen molar-refractivity contribution in [3.8, 4) is 0 Å². The molecule has 1 saturated carbocycles. The number of nitrogens with zero attached hydrogens (tertiary/aromatic N) is 1. The van der Waals surface area contributed by atoms with E-state index in [0.717, 1.165) is 17.4 Å². The SMILES string of the molecule is CC1CC(Nc2ncccc2N)C1. The second-order valence-electron chi connectivity index (χ2n) is 3.86. The van der Waals surface area contributed by atoms with Crippen LogP contribution < -0.4 is 11.1 Å². The molecule has 0 bridgehead atoms. The fourth-order valence-corrected chi connectivity index (χ4v) is 1.75. The Kier molecular flexibility index (Phi) is 2.08. The highest BCUT2D eigenvalue weighted by atomic mass is 15.0. The predicted molar refractivity (Wildman–Crippen MR) is 54.5 cm³/mol. The maximum atomic E-state index is 5.76. The van der Waals surface area contributed by atoms with Crippen molar-refractivity contribution in [2.75, 3.05) is 11.1 Å². The number of nitrogens with two attached hydrogens (primary N) is 1. The number of nitrogens with one attached hydrogen (secondary N) is 1. The quantitative estimate of drug-likeness (QED) is 0.725. The predicted octanol–water partition coefficient (Wildman–Crippen LogP) is 1.87. The number of nitrogen functional groups attached to an aromatic ring is 1. The van der Waals surface area contributed by atoms with E-state index < -0.39 is 0 Å². The molecule has 70 valence electrons. The zero-order valence-electron chi connectivity index (χ0n) is 7.83. The van der Waals surface area contributed by atoms with E-state index >= 15 is 0 Å². The summed E-state index contributed by atoms with van der Waals surface area (Å²) in [7, 11) is 0. The van der Waals surface area contributed by atoms with Gasteiger partial charge in [0.2, 0.25) is 0 Å². The number of aromatic nitrogens is 1. The van der Waals surface area contributed by atoms with E-state index in [1.54, 1.807) is 6.20 Å². The van der Waals surface area contributed by atoms with E-state index in [2.05, 4.69) is 17.2 Å². The molecule has 3 nitrogen and oxygen atoms in total. The van der Waals surface area contributed by atoms with Gasteiger partial charge in [-0.25, -0.2) is 4.98 Å². The molecule has 0 radical (unpaired) electrons. The first-order valence-electron chi connectivity index (χ1n) is 4.72. The molecule has 3 N–H and O–H groups in total. The minimum Gasteiger partial charge on any atom is -0.396 e. The summed E-state index contributed by atoms with van der Waals surface area (Å²) in [5.41, 5.74) is 6.50. The molecule has 0 spiro atoms. The van der Waals surface area contributed by atoms with Gasteiger partial charge in [-0.2, -0.15) is 0 Å². The van der Waals surface area contributed by atoms with Gasteiger partial charge >= 0.3 is 0 Å². The summed E-state index contributed by atoms with van der Waals surface area (Å²) >= 11 is 0. The molecular weight excluding hydrogens is 162 g/mol. The molecule has 2 rings (SSSR count). The molecule has 1 fully saturated rings. The van der Waals surface area contributed by atoms with Crippen LogP contribution in [-0.4, -0.2) is 11.0 Å². The Bertz CT molecular complexity index is 292. The van der Waals surface area contributed by atoms with E-state index in [0.29, 0.717) is 6.04 Å². The summed E-state index contributed by atoms with van der Waals surface area (Å²) < 4.78 is 0. The van der Waals surface area contributed by atoms with Crippen LogP contribution in [0.5, 0.6) is 0 Å². The molecule has 1 aromatic rings. The van der Waals surface area contributed by atoms with E-state index in [4.69, 9.17) is 5.73 Å². The summed E-state index contributed by atoms with van der Waals surface area (Å²) in [6.07, 6.45) is 4.23. The van der Waals surface area contributed by atoms with Gasteiger partial charge in [0.15, 0.2) is 0 Å². The van der Waals surface area contributed by atoms with Crippen molar-refractivity contribution in [3.63, 3.8) is 0 Å². The lowest BCUT2D eigenvalue weighted by Crippen LogP contribution is -2.34. The van der Waals surface area contributed by atoms with Crippen molar-refractivity contribution in [1.29, 1.82) is 0 Å². The molecule has 0 amide bonds. The lowest BCUT2D eigenvalue weighted by Gasteiger charge is -2.33. The molecule has 1 aromatic heterocycles. The van der Waals surface area contributed by atoms with Crippen molar-refractivity contribution in [1.82, 2.24) is 4.98 Å². The lowest BCUT2D eigenvalue weighted by atomic mass is 9.82. The van der Waals surface area contributed by atoms with Crippen molar-refractivity contribution >= 4 is 11.5 Å². The second kappa shape index (κ2) is 3.24. The molecule has 0 aliphatic heterocycles. The van der Waals surface area contributed by atoms with E-state index in [1.165, 1.54) is 12.8 Å². The van der Waals surface area contributed by atoms with Crippen LogP contribution >= 0.6 is 0 Å². The summed E-state index contributed by atoms with van der Waals surface area (Å²) in [5.74, 6) is 1.68. The smallest absolute Gasteiger partial charge is 0.149 e. The molecule has 0 saturated heterocycles. The van der Waals surface area contributed by atoms with Gasteiger partial charge in [-0.3, -0.25) is 0 Å². The van der Waals surface area contributed by atoms with Gasteiger partial charge in [0, 0.05) is 12.2 Å². The van der Waals surface area contributed by atoms with Crippen LogP contribution in [0.25, 0.3) is 0 Å². The molecule has 13 heavy (non-hydrogen) atoms. The standard InChI is InChI=1S/C10H15N3/c1-7-5-8(6-7)13-10-9(11)3-2-4-12-10/h2-4,7-8H,5-6,11H2,1H3,(H,12,13). The highest BCUT2D eigenvalue weighted by molar-refractivity contribution is 5.60. The highest BCUT2D eigenvalue weighted by Crippen LogP contribution is 2.29. The number of hydrogen-bond donors (Lipinski definition) is 2. The van der Waals surface area contributed by atoms with Gasteiger partial charge in [0.1, 0.15) is 5.82 Å². The summed E-state index contributed by atoms with van der Waals surface area (Å²) in [5, 5.41) is 3.34. The largest absolute Gasteiger partial charge is 0.396 e. The number of pyridine rings is 1. The fraction of sp³-hybridized carbons (Fsp3) is 0.500. The van der Waals surface area contributed by atoms with Gasteiger partial charge in [-0.05, 0) is 30.9 Å². The van der Waals surface area contributed by atoms with Crippen LogP contribution in [0, 0.1) is 5.92 Å². The zero-order chi connectivity index (χ0) is 9.26. The Morgan fingerprint density at radius 2 is 2.31 bits per heavy atom. The summed E-state index contributed by atoms with van der Waals surface area (Å²) in [6.45, 7) is 2.26. The molecule has 0 unspecified atom stereocenters. The zero-order valence-corrected chi connectivity index (χ0v) is 7.83. The van der Waals surface area contributed by atoms with Gasteiger partial charge in [-0.15, -0.1) is 0 Å². The van der Waals surface area contributed by atoms with Gasteiger partial charge in [0.25, 0.3) is 0 Å². The van der Waals surface area contributed by atoms with Crippen molar-refractivity contribution < 1.29 is 0 Å². The average Bonchev–Trinajstić information content (AvgIpc) is 2.06. The molecule has 3 heteroatoms. The Morgan fingerprint density at radius 3 is 2.92 bits per heavy atom. The topological polar surface area (TPSA) is 50.9 Å². The third kappa shape index (κ3) is 1.74. The molecule has 0 atom stereocenters. The van der Waals surface area contributed by atoms with E-state index in [9.17, 15) is 0 Å². The summed E-state index contributed by atoms with van der Waals surface area (Å²) in [6, 6.07) is 4.30. The maximum absolute atomic E-state index is 5.76. The van der Waals surface area contributed by atoms with E-state index in [-0.39, 0.29) is 0 Å². The van der Waals surface area contributed by atoms with Crippen LogP contribution in [0.3, 0.4) is 0 Å². The van der Waals surface area contributed by atoms with E-state index in [1.807, 2.05) is 12.1 Å². The monoisotopic (exact) mass is 177 g/mol. The van der Waals surface area contributed by atoms with Crippen molar-refractivity contribution in [2.24, 2.45) is 5.92 Å². The third-order valence-electron chi connectivity index (χ3n) is 2.55. The van der Waals surface area contributed by atoms with Crippen molar-refractivity contribution in [2.45, 2.75) is 25.8 Å². The Morgan fingerprint density at radius 1 is 1.54 bits per heavy atom. The first kappa shape index (κ1) is 8.35. The average molecular weight is 177 g/mol. The fourth-order valence-electron chi connectivity index (χ4n) is 1.75. The van der Waals surface area contributed by atoms with Gasteiger partial charge < -0.3 is 11.1 Å². The lowest BCUT2D eigenvalue weighted by molar-refractivity contribution is 0.308. The third-order valence-corrected chi connectivity index (χ3v) is 2.55. The molecular formula is C10H15N3. The minimum absolute atomic E-state index is 0.576. The Balaban J connectivity index is 1.98. The molecule has 0 aromatic carbocycles. The van der Waals surface area contributed by atoms with Gasteiger partial charge in [-0.1, -0.05) is 6.92 Å². The van der Waals surface area contributed by atoms with Crippen LogP contribution in [0.2, 0.25) is 0 Å². The number of rotatable bonds is 2. The first-order chi connectivity index (χ1) is 6.25.